The van der Waals surface area contributed by atoms with Crippen molar-refractivity contribution < 1.29 is 4.79 Å². The fourth-order valence-corrected chi connectivity index (χ4v) is 4.23. The average Bonchev–Trinajstić information content (AvgIpc) is 3.43. The first kappa shape index (κ1) is 16.6. The molecule has 2 N–H and O–H groups in total. The number of nitrogens with zero attached hydrogens (tertiary/aromatic N) is 5. The van der Waals surface area contributed by atoms with Crippen LogP contribution in [0.4, 0.5) is 11.8 Å². The third-order valence-electron chi connectivity index (χ3n) is 6.16. The van der Waals surface area contributed by atoms with Crippen molar-refractivity contribution in [3.63, 3.8) is 0 Å². The highest BCUT2D eigenvalue weighted by Crippen LogP contribution is 2.35. The summed E-state index contributed by atoms with van der Waals surface area (Å²) in [5.74, 6) is 2.30. The third-order valence-corrected chi connectivity index (χ3v) is 6.16. The standard InChI is InChI=1S/C18H28N6O/c1-22-10-11-24(15-5-8-20-17(19)21-15)13-18(22)6-4-16(25)23(9-7-18)12-14-2-3-14/h5,8,14H,2-4,6-7,9-13H2,1H3,(H2,19,20,21)/t18-/m0/s1. The molecule has 1 aromatic heterocycles. The highest BCUT2D eigenvalue weighted by molar-refractivity contribution is 5.76. The molecule has 2 aliphatic heterocycles. The van der Waals surface area contributed by atoms with Gasteiger partial charge in [0, 0.05) is 50.9 Å². The van der Waals surface area contributed by atoms with Crippen LogP contribution in [-0.2, 0) is 4.79 Å². The van der Waals surface area contributed by atoms with Crippen molar-refractivity contribution in [3.05, 3.63) is 12.3 Å². The highest BCUT2D eigenvalue weighted by Gasteiger charge is 2.43. The molecule has 7 heteroatoms. The third kappa shape index (κ3) is 3.42. The first-order chi connectivity index (χ1) is 12.1. The number of likely N-dealkylation sites (N-methyl/N-ethyl adjacent to an activating group) is 1. The van der Waals surface area contributed by atoms with E-state index in [4.69, 9.17) is 5.73 Å². The number of amides is 1. The Bertz CT molecular complexity index is 648. The van der Waals surface area contributed by atoms with Gasteiger partial charge in [0.05, 0.1) is 0 Å². The molecule has 0 bridgehead atoms. The molecular formula is C18H28N6O. The monoisotopic (exact) mass is 344 g/mol. The van der Waals surface area contributed by atoms with Crippen LogP contribution in [0.3, 0.4) is 0 Å². The molecule has 1 aliphatic carbocycles. The summed E-state index contributed by atoms with van der Waals surface area (Å²) in [5, 5.41) is 0. The van der Waals surface area contributed by atoms with Gasteiger partial charge in [0.25, 0.3) is 0 Å². The molecule has 1 atom stereocenters. The zero-order chi connectivity index (χ0) is 17.4. The molecule has 25 heavy (non-hydrogen) atoms. The number of carbonyl (C=O) groups excluding carboxylic acids is 1. The van der Waals surface area contributed by atoms with Gasteiger partial charge >= 0.3 is 0 Å². The van der Waals surface area contributed by atoms with Gasteiger partial charge in [-0.15, -0.1) is 0 Å². The van der Waals surface area contributed by atoms with E-state index in [0.29, 0.717) is 18.3 Å². The Morgan fingerprint density at radius 1 is 1.28 bits per heavy atom. The zero-order valence-electron chi connectivity index (χ0n) is 15.0. The Kier molecular flexibility index (Phi) is 4.27. The molecule has 1 saturated carbocycles. The Labute approximate surface area is 149 Å². The second-order valence-electron chi connectivity index (χ2n) is 7.87. The minimum atomic E-state index is 0.0337. The van der Waals surface area contributed by atoms with Gasteiger partial charge in [0.2, 0.25) is 11.9 Å². The number of hydrogen-bond acceptors (Lipinski definition) is 6. The predicted molar refractivity (Wildman–Crippen MR) is 97.2 cm³/mol. The minimum absolute atomic E-state index is 0.0337. The maximum absolute atomic E-state index is 12.6. The molecule has 0 aromatic carbocycles. The van der Waals surface area contributed by atoms with Crippen molar-refractivity contribution in [2.75, 3.05) is 50.4 Å². The normalized spacial score (nSPS) is 28.4. The van der Waals surface area contributed by atoms with Crippen LogP contribution in [0, 0.1) is 5.92 Å². The molecule has 3 heterocycles. The SMILES string of the molecule is CN1CCN(c2ccnc(N)n2)C[C@@]12CCC(=O)N(CC1CC1)CC2. The number of nitrogen functional groups attached to an aromatic ring is 1. The molecule has 1 spiro atoms. The minimum Gasteiger partial charge on any atom is -0.368 e. The second-order valence-corrected chi connectivity index (χ2v) is 7.87. The summed E-state index contributed by atoms with van der Waals surface area (Å²) in [4.78, 5) is 27.8. The number of hydrogen-bond donors (Lipinski definition) is 1. The van der Waals surface area contributed by atoms with Gasteiger partial charge in [0.1, 0.15) is 5.82 Å². The molecule has 1 aromatic rings. The fourth-order valence-electron chi connectivity index (χ4n) is 4.23. The van der Waals surface area contributed by atoms with E-state index in [1.54, 1.807) is 6.20 Å². The lowest BCUT2D eigenvalue weighted by Gasteiger charge is -2.49. The summed E-state index contributed by atoms with van der Waals surface area (Å²) < 4.78 is 0. The number of nitrogens with two attached hydrogens (primary N) is 1. The van der Waals surface area contributed by atoms with E-state index < -0.39 is 0 Å². The Morgan fingerprint density at radius 2 is 2.12 bits per heavy atom. The van der Waals surface area contributed by atoms with Crippen LogP contribution in [0.15, 0.2) is 12.3 Å². The van der Waals surface area contributed by atoms with Crippen molar-refractivity contribution >= 4 is 17.7 Å². The van der Waals surface area contributed by atoms with Crippen LogP contribution in [0.1, 0.15) is 32.1 Å². The molecule has 4 rings (SSSR count). The van der Waals surface area contributed by atoms with Crippen molar-refractivity contribution in [1.82, 2.24) is 19.8 Å². The molecule has 3 aliphatic rings. The van der Waals surface area contributed by atoms with Crippen LogP contribution >= 0.6 is 0 Å². The van der Waals surface area contributed by atoms with E-state index in [1.165, 1.54) is 12.8 Å². The van der Waals surface area contributed by atoms with E-state index in [-0.39, 0.29) is 5.54 Å². The van der Waals surface area contributed by atoms with Gasteiger partial charge in [-0.1, -0.05) is 0 Å². The number of piperazine rings is 1. The summed E-state index contributed by atoms with van der Waals surface area (Å²) in [6, 6.07) is 1.93. The van der Waals surface area contributed by atoms with E-state index >= 15 is 0 Å². The molecule has 2 saturated heterocycles. The molecular weight excluding hydrogens is 316 g/mol. The number of aromatic nitrogens is 2. The lowest BCUT2D eigenvalue weighted by atomic mass is 9.86. The number of rotatable bonds is 3. The molecule has 7 nitrogen and oxygen atoms in total. The van der Waals surface area contributed by atoms with Gasteiger partial charge < -0.3 is 15.5 Å². The summed E-state index contributed by atoms with van der Waals surface area (Å²) in [5.41, 5.74) is 5.80. The molecule has 1 amide bonds. The van der Waals surface area contributed by atoms with Crippen LogP contribution in [0.25, 0.3) is 0 Å². The predicted octanol–water partition coefficient (Wildman–Crippen LogP) is 0.972. The Morgan fingerprint density at radius 3 is 2.88 bits per heavy atom. The summed E-state index contributed by atoms with van der Waals surface area (Å²) in [6.07, 6.45) is 6.89. The van der Waals surface area contributed by atoms with E-state index in [2.05, 4.69) is 31.7 Å². The first-order valence-electron chi connectivity index (χ1n) is 9.38. The van der Waals surface area contributed by atoms with E-state index in [0.717, 1.165) is 57.3 Å². The summed E-state index contributed by atoms with van der Waals surface area (Å²) in [6.45, 7) is 4.63. The van der Waals surface area contributed by atoms with Gasteiger partial charge in [0.15, 0.2) is 0 Å². The van der Waals surface area contributed by atoms with E-state index in [1.807, 2.05) is 6.07 Å². The van der Waals surface area contributed by atoms with Crippen molar-refractivity contribution in [2.45, 2.75) is 37.6 Å². The Balaban J connectivity index is 1.51. The van der Waals surface area contributed by atoms with Crippen molar-refractivity contribution in [1.29, 1.82) is 0 Å². The molecule has 3 fully saturated rings. The lowest BCUT2D eigenvalue weighted by molar-refractivity contribution is -0.130. The largest absolute Gasteiger partial charge is 0.368 e. The van der Waals surface area contributed by atoms with Gasteiger partial charge in [-0.3, -0.25) is 9.69 Å². The maximum atomic E-state index is 12.6. The zero-order valence-corrected chi connectivity index (χ0v) is 15.0. The van der Waals surface area contributed by atoms with Crippen molar-refractivity contribution in [2.24, 2.45) is 5.92 Å². The topological polar surface area (TPSA) is 78.6 Å². The van der Waals surface area contributed by atoms with Crippen LogP contribution in [0.2, 0.25) is 0 Å². The first-order valence-corrected chi connectivity index (χ1v) is 9.38. The van der Waals surface area contributed by atoms with Gasteiger partial charge in [-0.25, -0.2) is 4.98 Å². The maximum Gasteiger partial charge on any atom is 0.222 e. The van der Waals surface area contributed by atoms with Crippen LogP contribution < -0.4 is 10.6 Å². The van der Waals surface area contributed by atoms with Gasteiger partial charge in [-0.05, 0) is 44.7 Å². The number of likely N-dealkylation sites (tertiary alicyclic amines) is 1. The van der Waals surface area contributed by atoms with Crippen molar-refractivity contribution in [3.8, 4) is 0 Å². The number of carbonyl (C=O) groups is 1. The molecule has 136 valence electrons. The summed E-state index contributed by atoms with van der Waals surface area (Å²) in [7, 11) is 2.20. The average molecular weight is 344 g/mol. The van der Waals surface area contributed by atoms with Crippen LogP contribution in [0.5, 0.6) is 0 Å². The fraction of sp³-hybridized carbons (Fsp3) is 0.722. The second kappa shape index (κ2) is 6.44. The molecule has 0 radical (unpaired) electrons. The van der Waals surface area contributed by atoms with Gasteiger partial charge in [-0.2, -0.15) is 4.98 Å². The highest BCUT2D eigenvalue weighted by atomic mass is 16.2. The number of anilines is 2. The lowest BCUT2D eigenvalue weighted by Crippen LogP contribution is -2.61. The quantitative estimate of drug-likeness (QED) is 0.880. The summed E-state index contributed by atoms with van der Waals surface area (Å²) >= 11 is 0. The Hall–Kier alpha value is -1.89. The smallest absolute Gasteiger partial charge is 0.222 e. The molecule has 0 unspecified atom stereocenters. The van der Waals surface area contributed by atoms with E-state index in [9.17, 15) is 4.79 Å². The van der Waals surface area contributed by atoms with Crippen LogP contribution in [-0.4, -0.2) is 71.0 Å².